The minimum absolute atomic E-state index is 0.0318. The van der Waals surface area contributed by atoms with Gasteiger partial charge in [0.2, 0.25) is 0 Å². The van der Waals surface area contributed by atoms with Crippen LogP contribution >= 0.6 is 0 Å². The van der Waals surface area contributed by atoms with Crippen LogP contribution in [0, 0.1) is 33.1 Å². The van der Waals surface area contributed by atoms with Crippen molar-refractivity contribution in [3.05, 3.63) is 81.9 Å². The Morgan fingerprint density at radius 2 is 1.26 bits per heavy atom. The fraction of sp³-hybridized carbons (Fsp3) is 0.412. The molecular weight excluding hydrogens is 483 g/mol. The molecule has 0 aliphatic heterocycles. The third-order valence-corrected chi connectivity index (χ3v) is 7.17. The zero-order valence-electron chi connectivity index (χ0n) is 25.0. The van der Waals surface area contributed by atoms with E-state index in [-0.39, 0.29) is 5.78 Å². The lowest BCUT2D eigenvalue weighted by Crippen LogP contribution is -2.28. The summed E-state index contributed by atoms with van der Waals surface area (Å²) in [6.07, 6.45) is 2.12. The Hall–Kier alpha value is -3.34. The summed E-state index contributed by atoms with van der Waals surface area (Å²) in [4.78, 5) is 26.2. The minimum Gasteiger partial charge on any atom is -0.488 e. The molecule has 0 aliphatic carbocycles. The minimum atomic E-state index is -0.484. The van der Waals surface area contributed by atoms with Crippen LogP contribution in [0.2, 0.25) is 6.32 Å². The Bertz CT molecular complexity index is 1340. The Morgan fingerprint density at radius 3 is 1.74 bits per heavy atom. The van der Waals surface area contributed by atoms with E-state index in [1.165, 1.54) is 0 Å². The average molecular weight is 525 g/mol. The number of carbonyl (C=O) groups excluding carboxylic acids is 2. The number of hydrogen-bond donors (Lipinski definition) is 0. The molecule has 0 atom stereocenters. The molecule has 0 spiro atoms. The molecule has 4 nitrogen and oxygen atoms in total. The molecule has 0 bridgehead atoms. The van der Waals surface area contributed by atoms with E-state index in [9.17, 15) is 9.59 Å². The second-order valence-corrected chi connectivity index (χ2v) is 11.9. The van der Waals surface area contributed by atoms with Crippen LogP contribution in [-0.2, 0) is 0 Å². The fourth-order valence-electron chi connectivity index (χ4n) is 4.94. The van der Waals surface area contributed by atoms with Crippen LogP contribution in [0.1, 0.15) is 90.4 Å². The molecule has 0 saturated heterocycles. The first-order valence-electron chi connectivity index (χ1n) is 13.7. The molecule has 0 amide bonds. The van der Waals surface area contributed by atoms with Gasteiger partial charge in [0.25, 0.3) is 0 Å². The molecule has 3 rings (SSSR count). The van der Waals surface area contributed by atoms with Gasteiger partial charge in [-0.15, -0.1) is 0 Å². The van der Waals surface area contributed by atoms with Gasteiger partial charge < -0.3 is 9.47 Å². The number of Topliss-reactive ketones (excluding diaryl/α,β-unsaturated/α-hetero) is 1. The molecule has 0 N–H and O–H groups in total. The quantitative estimate of drug-likeness (QED) is 0.115. The van der Waals surface area contributed by atoms with Gasteiger partial charge in [-0.25, -0.2) is 4.79 Å². The zero-order valence-corrected chi connectivity index (χ0v) is 25.0. The third-order valence-electron chi connectivity index (χ3n) is 7.17. The lowest BCUT2D eigenvalue weighted by molar-refractivity contribution is 0.0732. The third kappa shape index (κ3) is 7.00. The first kappa shape index (κ1) is 30.2. The van der Waals surface area contributed by atoms with E-state index >= 15 is 0 Å². The van der Waals surface area contributed by atoms with E-state index in [0.717, 1.165) is 52.0 Å². The first-order chi connectivity index (χ1) is 18.2. The van der Waals surface area contributed by atoms with E-state index in [1.54, 1.807) is 24.3 Å². The molecule has 204 valence electrons. The van der Waals surface area contributed by atoms with Crippen molar-refractivity contribution in [1.82, 2.24) is 0 Å². The average Bonchev–Trinajstić information content (AvgIpc) is 2.87. The second-order valence-electron chi connectivity index (χ2n) is 11.9. The van der Waals surface area contributed by atoms with E-state index in [0.29, 0.717) is 23.2 Å². The predicted molar refractivity (Wildman–Crippen MR) is 161 cm³/mol. The number of ether oxygens (including phenoxy) is 2. The first-order valence-corrected chi connectivity index (χ1v) is 13.7. The van der Waals surface area contributed by atoms with Gasteiger partial charge in [-0.1, -0.05) is 39.3 Å². The summed E-state index contributed by atoms with van der Waals surface area (Å²) in [5, 5.41) is 0. The number of benzene rings is 3. The smallest absolute Gasteiger partial charge is 0.343 e. The molecular formula is C34H41BO4. The van der Waals surface area contributed by atoms with Crippen molar-refractivity contribution in [2.45, 2.75) is 87.1 Å². The van der Waals surface area contributed by atoms with Gasteiger partial charge in [-0.3, -0.25) is 4.79 Å². The number of rotatable bonds is 10. The molecule has 3 aromatic carbocycles. The highest BCUT2D eigenvalue weighted by Gasteiger charge is 2.28. The largest absolute Gasteiger partial charge is 0.488 e. The summed E-state index contributed by atoms with van der Waals surface area (Å²) < 4.78 is 12.1. The van der Waals surface area contributed by atoms with Crippen LogP contribution < -0.4 is 9.47 Å². The molecule has 0 aliphatic rings. The summed E-state index contributed by atoms with van der Waals surface area (Å²) in [6, 6.07) is 15.1. The van der Waals surface area contributed by atoms with Crippen molar-refractivity contribution in [3.8, 4) is 22.6 Å². The Balaban J connectivity index is 1.87. The molecule has 0 unspecified atom stereocenters. The summed E-state index contributed by atoms with van der Waals surface area (Å²) in [5.74, 6) is 0.939. The summed E-state index contributed by atoms with van der Waals surface area (Å²) >= 11 is 0. The maximum atomic E-state index is 13.1. The maximum absolute atomic E-state index is 13.1. The number of aryl methyl sites for hydroxylation is 4. The Labute approximate surface area is 235 Å². The van der Waals surface area contributed by atoms with E-state index in [4.69, 9.17) is 17.3 Å². The molecule has 0 saturated carbocycles. The summed E-state index contributed by atoms with van der Waals surface area (Å²) in [7, 11) is 5.87. The molecule has 3 aromatic rings. The highest BCUT2D eigenvalue weighted by molar-refractivity contribution is 6.09. The second kappa shape index (κ2) is 11.8. The molecule has 5 heteroatoms. The standard InChI is InChI=1S/C34H41BO4/c1-10-14-33(6,7)31(36)25-12-11-13-26(19-25)32(37)38-29-21(2)15-27(16-22(29)3)28-17-23(4)30(24(5)18-28)39-34(8,9)20-35/h11-13,15-19H,10,14,20H2,1-9H3. The number of carbonyl (C=O) groups is 2. The summed E-state index contributed by atoms with van der Waals surface area (Å²) in [5.41, 5.74) is 5.83. The normalized spacial score (nSPS) is 11.8. The Morgan fingerprint density at radius 1 is 0.769 bits per heavy atom. The number of hydrogen-bond acceptors (Lipinski definition) is 4. The van der Waals surface area contributed by atoms with Gasteiger partial charge in [-0.05, 0) is 124 Å². The van der Waals surface area contributed by atoms with E-state index < -0.39 is 17.0 Å². The van der Waals surface area contributed by atoms with Crippen molar-refractivity contribution in [2.24, 2.45) is 5.41 Å². The van der Waals surface area contributed by atoms with Crippen LogP contribution in [0.15, 0.2) is 48.5 Å². The highest BCUT2D eigenvalue weighted by atomic mass is 16.5. The van der Waals surface area contributed by atoms with Gasteiger partial charge >= 0.3 is 5.97 Å². The number of ketones is 1. The molecule has 0 fully saturated rings. The molecule has 2 radical (unpaired) electrons. The molecule has 0 aromatic heterocycles. The predicted octanol–water partition coefficient (Wildman–Crippen LogP) is 8.56. The van der Waals surface area contributed by atoms with Crippen molar-refractivity contribution in [3.63, 3.8) is 0 Å². The Kier molecular flexibility index (Phi) is 9.15. The molecule has 39 heavy (non-hydrogen) atoms. The topological polar surface area (TPSA) is 52.6 Å². The highest BCUT2D eigenvalue weighted by Crippen LogP contribution is 2.36. The lowest BCUT2D eigenvalue weighted by Gasteiger charge is -2.28. The van der Waals surface area contributed by atoms with Crippen LogP contribution in [0.3, 0.4) is 0 Å². The van der Waals surface area contributed by atoms with Gasteiger partial charge in [0.1, 0.15) is 11.5 Å². The zero-order chi connectivity index (χ0) is 29.1. The van der Waals surface area contributed by atoms with Crippen LogP contribution in [-0.4, -0.2) is 25.2 Å². The van der Waals surface area contributed by atoms with Crippen LogP contribution in [0.4, 0.5) is 0 Å². The van der Waals surface area contributed by atoms with Crippen molar-refractivity contribution in [1.29, 1.82) is 0 Å². The monoisotopic (exact) mass is 524 g/mol. The van der Waals surface area contributed by atoms with Gasteiger partial charge in [0.15, 0.2) is 5.78 Å². The van der Waals surface area contributed by atoms with E-state index in [1.807, 2.05) is 67.5 Å². The van der Waals surface area contributed by atoms with Gasteiger partial charge in [0, 0.05) is 11.0 Å². The fourth-order valence-corrected chi connectivity index (χ4v) is 4.94. The number of esters is 1. The summed E-state index contributed by atoms with van der Waals surface area (Å²) in [6.45, 7) is 17.9. The SMILES string of the molecule is [B]CC(C)(C)Oc1c(C)cc(-c2cc(C)c(OC(=O)c3cccc(C(=O)C(C)(C)CCC)c3)c(C)c2)cc1C. The van der Waals surface area contributed by atoms with Crippen molar-refractivity contribution < 1.29 is 19.1 Å². The maximum Gasteiger partial charge on any atom is 0.343 e. The molecule has 0 heterocycles. The van der Waals surface area contributed by atoms with Crippen LogP contribution in [0.5, 0.6) is 11.5 Å². The van der Waals surface area contributed by atoms with Crippen molar-refractivity contribution >= 4 is 19.6 Å². The van der Waals surface area contributed by atoms with E-state index in [2.05, 4.69) is 19.1 Å². The lowest BCUT2D eigenvalue weighted by atomic mass is 9.80. The van der Waals surface area contributed by atoms with Gasteiger partial charge in [0.05, 0.1) is 19.0 Å². The van der Waals surface area contributed by atoms with Gasteiger partial charge in [-0.2, -0.15) is 0 Å². The van der Waals surface area contributed by atoms with Crippen molar-refractivity contribution in [2.75, 3.05) is 0 Å². The van der Waals surface area contributed by atoms with Crippen LogP contribution in [0.25, 0.3) is 11.1 Å².